The third-order valence-electron chi connectivity index (χ3n) is 5.19. The van der Waals surface area contributed by atoms with Gasteiger partial charge in [0.25, 0.3) is 5.91 Å². The Hall–Kier alpha value is -3.13. The maximum absolute atomic E-state index is 12.6. The van der Waals surface area contributed by atoms with E-state index in [9.17, 15) is 9.59 Å². The van der Waals surface area contributed by atoms with Crippen molar-refractivity contribution in [1.82, 2.24) is 20.6 Å². The van der Waals surface area contributed by atoms with Crippen molar-refractivity contribution in [1.29, 1.82) is 0 Å². The number of piperidine rings is 1. The number of carbonyl (C=O) groups is 2. The summed E-state index contributed by atoms with van der Waals surface area (Å²) >= 11 is 0. The summed E-state index contributed by atoms with van der Waals surface area (Å²) in [6.07, 6.45) is 5.32. The van der Waals surface area contributed by atoms with Crippen molar-refractivity contribution in [3.63, 3.8) is 0 Å². The zero-order valence-electron chi connectivity index (χ0n) is 15.4. The first-order chi connectivity index (χ1) is 13.6. The molecule has 5 N–H and O–H groups in total. The summed E-state index contributed by atoms with van der Waals surface area (Å²) in [7, 11) is 0. The van der Waals surface area contributed by atoms with Gasteiger partial charge in [0.2, 0.25) is 5.91 Å². The summed E-state index contributed by atoms with van der Waals surface area (Å²) in [6.45, 7) is 1.81. The number of benzene rings is 1. The molecule has 1 aliphatic heterocycles. The van der Waals surface area contributed by atoms with Gasteiger partial charge in [0.1, 0.15) is 12.3 Å². The van der Waals surface area contributed by atoms with Crippen LogP contribution >= 0.6 is 0 Å². The lowest BCUT2D eigenvalue weighted by Crippen LogP contribution is -2.46. The molecular formula is C20H23N5O3. The van der Waals surface area contributed by atoms with Crippen LogP contribution in [0.2, 0.25) is 0 Å². The molecule has 1 aromatic carbocycles. The number of rotatable bonds is 6. The maximum Gasteiger partial charge on any atom is 0.273 e. The number of aromatic amines is 1. The molecule has 2 amide bonds. The standard InChI is InChI=1S/C20H23N5O3/c21-18(26)16(9-13-10-23-15-4-2-1-3-14(13)15)24-19(27)17-11-28-20(25-17)12-5-7-22-8-6-12/h1-4,10-12,16,22-23H,5-9H2,(H2,21,26)(H,24,27). The largest absolute Gasteiger partial charge is 0.448 e. The molecule has 146 valence electrons. The van der Waals surface area contributed by atoms with Gasteiger partial charge in [-0.15, -0.1) is 0 Å². The second-order valence-corrected chi connectivity index (χ2v) is 7.09. The van der Waals surface area contributed by atoms with Crippen LogP contribution in [0.3, 0.4) is 0 Å². The normalized spacial score (nSPS) is 16.1. The van der Waals surface area contributed by atoms with Crippen LogP contribution in [0.1, 0.15) is 40.7 Å². The SMILES string of the molecule is NC(=O)C(Cc1c[nH]c2ccccc12)NC(=O)c1coc(C2CCNCC2)n1. The number of H-pyrrole nitrogens is 1. The fourth-order valence-electron chi connectivity index (χ4n) is 3.62. The predicted octanol–water partition coefficient (Wildman–Crippen LogP) is 1.45. The fraction of sp³-hybridized carbons (Fsp3) is 0.350. The van der Waals surface area contributed by atoms with Crippen LogP contribution < -0.4 is 16.4 Å². The Morgan fingerprint density at radius 1 is 1.29 bits per heavy atom. The van der Waals surface area contributed by atoms with Crippen LogP contribution in [0.5, 0.6) is 0 Å². The lowest BCUT2D eigenvalue weighted by molar-refractivity contribution is -0.119. The molecule has 8 heteroatoms. The van der Waals surface area contributed by atoms with Gasteiger partial charge in [-0.2, -0.15) is 0 Å². The molecule has 0 spiro atoms. The molecule has 3 heterocycles. The van der Waals surface area contributed by atoms with Gasteiger partial charge < -0.3 is 25.8 Å². The van der Waals surface area contributed by atoms with E-state index in [-0.39, 0.29) is 11.6 Å². The molecule has 1 unspecified atom stereocenters. The van der Waals surface area contributed by atoms with E-state index in [1.54, 1.807) is 0 Å². The van der Waals surface area contributed by atoms with Gasteiger partial charge in [0.05, 0.1) is 0 Å². The van der Waals surface area contributed by atoms with Gasteiger partial charge in [-0.05, 0) is 37.6 Å². The minimum atomic E-state index is -0.842. The summed E-state index contributed by atoms with van der Waals surface area (Å²) in [6, 6.07) is 6.93. The number of carbonyl (C=O) groups excluding carboxylic acids is 2. The second-order valence-electron chi connectivity index (χ2n) is 7.09. The van der Waals surface area contributed by atoms with Crippen LogP contribution in [0.25, 0.3) is 10.9 Å². The molecule has 0 saturated carbocycles. The van der Waals surface area contributed by atoms with E-state index >= 15 is 0 Å². The highest BCUT2D eigenvalue weighted by Crippen LogP contribution is 2.24. The van der Waals surface area contributed by atoms with Gasteiger partial charge in [-0.3, -0.25) is 9.59 Å². The Bertz CT molecular complexity index is 987. The second kappa shape index (κ2) is 7.85. The number of oxazole rings is 1. The zero-order chi connectivity index (χ0) is 19.5. The first-order valence-electron chi connectivity index (χ1n) is 9.43. The highest BCUT2D eigenvalue weighted by Gasteiger charge is 2.25. The Morgan fingerprint density at radius 3 is 2.86 bits per heavy atom. The highest BCUT2D eigenvalue weighted by molar-refractivity contribution is 5.96. The molecule has 28 heavy (non-hydrogen) atoms. The molecule has 0 radical (unpaired) electrons. The summed E-state index contributed by atoms with van der Waals surface area (Å²) < 4.78 is 5.51. The van der Waals surface area contributed by atoms with Gasteiger partial charge in [-0.1, -0.05) is 18.2 Å². The predicted molar refractivity (Wildman–Crippen MR) is 104 cm³/mol. The van der Waals surface area contributed by atoms with Gasteiger partial charge >= 0.3 is 0 Å². The van der Waals surface area contributed by atoms with Crippen molar-refractivity contribution < 1.29 is 14.0 Å². The van der Waals surface area contributed by atoms with Crippen molar-refractivity contribution in [2.45, 2.75) is 31.2 Å². The van der Waals surface area contributed by atoms with Crippen molar-refractivity contribution in [2.24, 2.45) is 5.73 Å². The van der Waals surface area contributed by atoms with Crippen LogP contribution in [0.4, 0.5) is 0 Å². The molecule has 0 bridgehead atoms. The third-order valence-corrected chi connectivity index (χ3v) is 5.19. The first kappa shape index (κ1) is 18.2. The zero-order valence-corrected chi connectivity index (χ0v) is 15.4. The molecule has 3 aromatic rings. The first-order valence-corrected chi connectivity index (χ1v) is 9.43. The van der Waals surface area contributed by atoms with E-state index in [1.807, 2.05) is 30.5 Å². The van der Waals surface area contributed by atoms with Crippen LogP contribution in [-0.2, 0) is 11.2 Å². The average Bonchev–Trinajstić information content (AvgIpc) is 3.36. The Morgan fingerprint density at radius 2 is 2.07 bits per heavy atom. The molecule has 1 aliphatic rings. The van der Waals surface area contributed by atoms with E-state index in [4.69, 9.17) is 10.2 Å². The molecule has 1 saturated heterocycles. The van der Waals surface area contributed by atoms with Crippen molar-refractivity contribution in [2.75, 3.05) is 13.1 Å². The van der Waals surface area contributed by atoms with E-state index in [2.05, 4.69) is 20.6 Å². The Kier molecular flexibility index (Phi) is 5.12. The molecule has 4 rings (SSSR count). The number of nitrogens with one attached hydrogen (secondary N) is 3. The number of nitrogens with two attached hydrogens (primary N) is 1. The number of primary amides is 1. The quantitative estimate of drug-likeness (QED) is 0.514. The number of amides is 2. The lowest BCUT2D eigenvalue weighted by Gasteiger charge is -2.19. The van der Waals surface area contributed by atoms with E-state index < -0.39 is 17.9 Å². The summed E-state index contributed by atoms with van der Waals surface area (Å²) in [5, 5.41) is 6.97. The molecule has 1 fully saturated rings. The van der Waals surface area contributed by atoms with Crippen molar-refractivity contribution in [3.8, 4) is 0 Å². The molecular weight excluding hydrogens is 358 g/mol. The van der Waals surface area contributed by atoms with Crippen LogP contribution in [-0.4, -0.2) is 40.9 Å². The topological polar surface area (TPSA) is 126 Å². The molecule has 1 atom stereocenters. The molecule has 2 aromatic heterocycles. The van der Waals surface area contributed by atoms with Gasteiger partial charge in [0.15, 0.2) is 11.6 Å². The number of aromatic nitrogens is 2. The minimum absolute atomic E-state index is 0.165. The summed E-state index contributed by atoms with van der Waals surface area (Å²) in [5.41, 5.74) is 7.58. The average molecular weight is 381 g/mol. The smallest absolute Gasteiger partial charge is 0.273 e. The van der Waals surface area contributed by atoms with E-state index in [0.29, 0.717) is 12.3 Å². The Balaban J connectivity index is 1.46. The number of fused-ring (bicyclic) bond motifs is 1. The maximum atomic E-state index is 12.6. The monoisotopic (exact) mass is 381 g/mol. The number of hydrogen-bond donors (Lipinski definition) is 4. The molecule has 8 nitrogen and oxygen atoms in total. The van der Waals surface area contributed by atoms with Gasteiger partial charge in [0, 0.05) is 29.4 Å². The Labute approximate surface area is 161 Å². The van der Waals surface area contributed by atoms with Crippen molar-refractivity contribution in [3.05, 3.63) is 53.9 Å². The van der Waals surface area contributed by atoms with Crippen LogP contribution in [0.15, 0.2) is 41.1 Å². The molecule has 0 aliphatic carbocycles. The number of nitrogens with zero attached hydrogens (tertiary/aromatic N) is 1. The number of hydrogen-bond acceptors (Lipinski definition) is 5. The van der Waals surface area contributed by atoms with E-state index in [0.717, 1.165) is 42.4 Å². The third kappa shape index (κ3) is 3.77. The summed E-state index contributed by atoms with van der Waals surface area (Å²) in [4.78, 5) is 32.0. The number of para-hydroxylation sites is 1. The summed E-state index contributed by atoms with van der Waals surface area (Å²) in [5.74, 6) is -0.284. The van der Waals surface area contributed by atoms with Gasteiger partial charge in [-0.25, -0.2) is 4.98 Å². The minimum Gasteiger partial charge on any atom is -0.448 e. The lowest BCUT2D eigenvalue weighted by atomic mass is 9.98. The highest BCUT2D eigenvalue weighted by atomic mass is 16.3. The van der Waals surface area contributed by atoms with Crippen molar-refractivity contribution >= 4 is 22.7 Å². The van der Waals surface area contributed by atoms with Crippen LogP contribution in [0, 0.1) is 0 Å². The fourth-order valence-corrected chi connectivity index (χ4v) is 3.62. The van der Waals surface area contributed by atoms with E-state index in [1.165, 1.54) is 6.26 Å².